The number of nitrogens with one attached hydrogen (secondary N) is 1. The molecule has 0 saturated heterocycles. The van der Waals surface area contributed by atoms with Crippen molar-refractivity contribution in [1.29, 1.82) is 0 Å². The molecule has 0 bridgehead atoms. The van der Waals surface area contributed by atoms with Gasteiger partial charge in [-0.1, -0.05) is 0 Å². The lowest BCUT2D eigenvalue weighted by molar-refractivity contribution is 0.134. The lowest BCUT2D eigenvalue weighted by Gasteiger charge is -2.15. The molecule has 0 saturated carbocycles. The first-order valence-corrected chi connectivity index (χ1v) is 3.43. The van der Waals surface area contributed by atoms with Gasteiger partial charge in [0.2, 0.25) is 5.96 Å². The number of nitrogens with two attached hydrogens (primary N) is 1. The third-order valence-corrected chi connectivity index (χ3v) is 1.01. The Morgan fingerprint density at radius 3 is 2.64 bits per heavy atom. The zero-order valence-corrected chi connectivity index (χ0v) is 7.29. The van der Waals surface area contributed by atoms with Crippen LogP contribution in [0.2, 0.25) is 0 Å². The first-order valence-electron chi connectivity index (χ1n) is 3.43. The van der Waals surface area contributed by atoms with Crippen LogP contribution >= 0.6 is 0 Å². The van der Waals surface area contributed by atoms with E-state index in [1.165, 1.54) is 0 Å². The van der Waals surface area contributed by atoms with E-state index in [-0.39, 0.29) is 0 Å². The fourth-order valence-electron chi connectivity index (χ4n) is 0.527. The van der Waals surface area contributed by atoms with Crippen molar-refractivity contribution in [3.05, 3.63) is 0 Å². The van der Waals surface area contributed by atoms with Gasteiger partial charge in [-0.05, 0) is 0 Å². The number of hydroxylamine groups is 1. The van der Waals surface area contributed by atoms with Crippen LogP contribution < -0.4 is 11.2 Å². The van der Waals surface area contributed by atoms with Crippen molar-refractivity contribution >= 4 is 5.96 Å². The monoisotopic (exact) mass is 160 g/mol. The van der Waals surface area contributed by atoms with Crippen molar-refractivity contribution in [2.75, 3.05) is 34.3 Å². The van der Waals surface area contributed by atoms with Crippen molar-refractivity contribution in [2.45, 2.75) is 0 Å². The highest BCUT2D eigenvalue weighted by molar-refractivity contribution is 5.78. The van der Waals surface area contributed by atoms with Gasteiger partial charge in [0.1, 0.15) is 0 Å². The van der Waals surface area contributed by atoms with E-state index in [1.807, 2.05) is 19.0 Å². The molecule has 0 unspecified atom stereocenters. The minimum atomic E-state index is 0.544. The third kappa shape index (κ3) is 4.58. The highest BCUT2D eigenvalue weighted by Crippen LogP contribution is 1.79. The van der Waals surface area contributed by atoms with Crippen LogP contribution in [0.25, 0.3) is 0 Å². The summed E-state index contributed by atoms with van der Waals surface area (Å²) in [6.45, 7) is 1.15. The van der Waals surface area contributed by atoms with Crippen LogP contribution in [0.5, 0.6) is 0 Å². The fraction of sp³-hybridized carbons (Fsp3) is 0.833. The van der Waals surface area contributed by atoms with E-state index < -0.39 is 0 Å². The molecule has 5 nitrogen and oxygen atoms in total. The third-order valence-electron chi connectivity index (χ3n) is 1.01. The zero-order chi connectivity index (χ0) is 8.69. The molecule has 0 spiro atoms. The summed E-state index contributed by atoms with van der Waals surface area (Å²) in [5, 5.41) is 0. The van der Waals surface area contributed by atoms with Crippen molar-refractivity contribution in [3.63, 3.8) is 0 Å². The first-order chi connectivity index (χ1) is 5.22. The molecule has 0 heterocycles. The number of hydrogen-bond donors (Lipinski definition) is 2. The van der Waals surface area contributed by atoms with Crippen molar-refractivity contribution in [3.8, 4) is 0 Å². The largest absolute Gasteiger partial charge is 0.347 e. The summed E-state index contributed by atoms with van der Waals surface area (Å²) >= 11 is 0. The van der Waals surface area contributed by atoms with Crippen LogP contribution in [0.1, 0.15) is 0 Å². The molecule has 0 aliphatic rings. The lowest BCUT2D eigenvalue weighted by Crippen LogP contribution is -2.36. The van der Waals surface area contributed by atoms with E-state index in [0.717, 1.165) is 0 Å². The lowest BCUT2D eigenvalue weighted by atomic mass is 10.7. The average Bonchev–Trinajstić information content (AvgIpc) is 1.97. The maximum absolute atomic E-state index is 5.28. The summed E-state index contributed by atoms with van der Waals surface area (Å²) in [5.41, 5.74) is 7.92. The van der Waals surface area contributed by atoms with Crippen molar-refractivity contribution < 1.29 is 4.84 Å². The predicted octanol–water partition coefficient (Wildman–Crippen LogP) is -0.986. The maximum atomic E-state index is 5.28. The molecule has 11 heavy (non-hydrogen) atoms. The van der Waals surface area contributed by atoms with Gasteiger partial charge in [0, 0.05) is 20.6 Å². The van der Waals surface area contributed by atoms with Gasteiger partial charge >= 0.3 is 0 Å². The second kappa shape index (κ2) is 5.94. The molecule has 0 aromatic carbocycles. The Hall–Kier alpha value is -0.810. The topological polar surface area (TPSA) is 62.9 Å². The Kier molecular flexibility index (Phi) is 5.50. The van der Waals surface area contributed by atoms with Crippen LogP contribution in [-0.2, 0) is 4.84 Å². The number of nitrogens with zero attached hydrogens (tertiary/aromatic N) is 2. The molecule has 0 aromatic rings. The van der Waals surface area contributed by atoms with Crippen molar-refractivity contribution in [2.24, 2.45) is 10.7 Å². The van der Waals surface area contributed by atoms with Gasteiger partial charge in [-0.25, -0.2) is 5.48 Å². The van der Waals surface area contributed by atoms with Gasteiger partial charge in [0.15, 0.2) is 0 Å². The normalized spacial score (nSPS) is 11.5. The Bertz CT molecular complexity index is 124. The maximum Gasteiger partial charge on any atom is 0.217 e. The standard InChI is InChI=1S/C6H16N4O/c1-10(2)6(9-11-3)8-5-4-7/h4-5,7H2,1-3H3,(H,8,9). The molecule has 0 fully saturated rings. The smallest absolute Gasteiger partial charge is 0.217 e. The average molecular weight is 160 g/mol. The Morgan fingerprint density at radius 1 is 1.64 bits per heavy atom. The summed E-state index contributed by atoms with van der Waals surface area (Å²) in [7, 11) is 5.30. The van der Waals surface area contributed by atoms with E-state index in [4.69, 9.17) is 10.6 Å². The minimum absolute atomic E-state index is 0.544. The Morgan fingerprint density at radius 2 is 2.27 bits per heavy atom. The van der Waals surface area contributed by atoms with Gasteiger partial charge in [-0.3, -0.25) is 9.83 Å². The zero-order valence-electron chi connectivity index (χ0n) is 7.29. The number of guanidine groups is 1. The van der Waals surface area contributed by atoms with Gasteiger partial charge in [-0.2, -0.15) is 0 Å². The highest BCUT2D eigenvalue weighted by Gasteiger charge is 1.97. The van der Waals surface area contributed by atoms with Crippen LogP contribution in [-0.4, -0.2) is 45.2 Å². The van der Waals surface area contributed by atoms with Crippen molar-refractivity contribution in [1.82, 2.24) is 10.4 Å². The molecule has 5 heteroatoms. The molecule has 0 rings (SSSR count). The molecular weight excluding hydrogens is 144 g/mol. The Labute approximate surface area is 67.2 Å². The van der Waals surface area contributed by atoms with E-state index in [0.29, 0.717) is 19.0 Å². The van der Waals surface area contributed by atoms with Crippen LogP contribution in [0, 0.1) is 0 Å². The quantitative estimate of drug-likeness (QED) is 0.316. The molecule has 0 aromatic heterocycles. The van der Waals surface area contributed by atoms with E-state index >= 15 is 0 Å². The summed E-state index contributed by atoms with van der Waals surface area (Å²) in [6.07, 6.45) is 0. The number of rotatable bonds is 3. The molecule has 3 N–H and O–H groups in total. The second-order valence-electron chi connectivity index (χ2n) is 2.19. The summed E-state index contributed by atoms with van der Waals surface area (Å²) in [6, 6.07) is 0. The highest BCUT2D eigenvalue weighted by atomic mass is 16.6. The van der Waals surface area contributed by atoms with Crippen LogP contribution in [0.4, 0.5) is 0 Å². The molecule has 0 aliphatic heterocycles. The van der Waals surface area contributed by atoms with Gasteiger partial charge in [0.25, 0.3) is 0 Å². The summed E-state index contributed by atoms with van der Waals surface area (Å²) < 4.78 is 0. The summed E-state index contributed by atoms with van der Waals surface area (Å²) in [4.78, 5) is 10.6. The number of aliphatic imine (C=N–C) groups is 1. The molecule has 0 amide bonds. The number of hydrogen-bond acceptors (Lipinski definition) is 3. The van der Waals surface area contributed by atoms with E-state index in [2.05, 4.69) is 10.5 Å². The Balaban J connectivity index is 3.86. The fourth-order valence-corrected chi connectivity index (χ4v) is 0.527. The minimum Gasteiger partial charge on any atom is -0.347 e. The molecule has 0 radical (unpaired) electrons. The van der Waals surface area contributed by atoms with E-state index in [9.17, 15) is 0 Å². The van der Waals surface area contributed by atoms with Gasteiger partial charge in [-0.15, -0.1) is 0 Å². The molecule has 0 atom stereocenters. The predicted molar refractivity (Wildman–Crippen MR) is 45.2 cm³/mol. The molecule has 66 valence electrons. The SMILES string of the molecule is CONC(=NCCN)N(C)C. The van der Waals surface area contributed by atoms with Gasteiger partial charge in [0.05, 0.1) is 13.7 Å². The second-order valence-corrected chi connectivity index (χ2v) is 2.19. The van der Waals surface area contributed by atoms with E-state index in [1.54, 1.807) is 7.11 Å². The molecular formula is C6H16N4O. The van der Waals surface area contributed by atoms with Crippen LogP contribution in [0.15, 0.2) is 4.99 Å². The summed E-state index contributed by atoms with van der Waals surface area (Å²) in [5.74, 6) is 0.679. The van der Waals surface area contributed by atoms with Gasteiger partial charge < -0.3 is 10.6 Å². The van der Waals surface area contributed by atoms with Crippen LogP contribution in [0.3, 0.4) is 0 Å². The molecule has 0 aliphatic carbocycles. The first kappa shape index (κ1) is 10.2.